The van der Waals surface area contributed by atoms with Crippen LogP contribution in [0.2, 0.25) is 0 Å². The fraction of sp³-hybridized carbons (Fsp3) is 0.500. The quantitative estimate of drug-likeness (QED) is 0.329. The summed E-state index contributed by atoms with van der Waals surface area (Å²) in [6.45, 7) is 0.0249. The maximum absolute atomic E-state index is 11.7. The lowest BCUT2D eigenvalue weighted by Gasteiger charge is -2.23. The number of aliphatic hydroxyl groups is 3. The Morgan fingerprint density at radius 3 is 2.67 bits per heavy atom. The Kier molecular flexibility index (Phi) is 4.91. The molecule has 0 aliphatic rings. The van der Waals surface area contributed by atoms with Crippen molar-refractivity contribution in [2.45, 2.75) is 6.54 Å². The number of anilines is 1. The predicted octanol–water partition coefficient (Wildman–Crippen LogP) is -1.81. The van der Waals surface area contributed by atoms with Crippen molar-refractivity contribution >= 4 is 17.0 Å². The standard InChI is InChI=1S/C12H19N5O4/c13-12-15-9-8(1-14-10(9)11(21)16-12)3-17(6-20)2-7(4-18)5-19/h1,7,14,18-20H,2-6H2,(H3,13,15,16,21). The van der Waals surface area contributed by atoms with Crippen LogP contribution in [0.5, 0.6) is 0 Å². The lowest BCUT2D eigenvalue weighted by molar-refractivity contribution is 0.0526. The first-order chi connectivity index (χ1) is 10.1. The van der Waals surface area contributed by atoms with Crippen LogP contribution >= 0.6 is 0 Å². The first-order valence-corrected chi connectivity index (χ1v) is 6.49. The molecule has 7 N–H and O–H groups in total. The monoisotopic (exact) mass is 297 g/mol. The summed E-state index contributed by atoms with van der Waals surface area (Å²) >= 11 is 0. The van der Waals surface area contributed by atoms with Crippen LogP contribution in [0.15, 0.2) is 11.0 Å². The van der Waals surface area contributed by atoms with Gasteiger partial charge in [0.05, 0.1) is 6.73 Å². The molecule has 2 rings (SSSR count). The second-order valence-corrected chi connectivity index (χ2v) is 4.87. The number of aliphatic hydroxyl groups excluding tert-OH is 3. The molecule has 0 aliphatic carbocycles. The van der Waals surface area contributed by atoms with E-state index in [1.54, 1.807) is 11.1 Å². The van der Waals surface area contributed by atoms with Gasteiger partial charge in [0, 0.05) is 44.0 Å². The highest BCUT2D eigenvalue weighted by atomic mass is 16.3. The Morgan fingerprint density at radius 1 is 1.33 bits per heavy atom. The molecule has 2 aromatic rings. The molecule has 0 aliphatic heterocycles. The predicted molar refractivity (Wildman–Crippen MR) is 76.3 cm³/mol. The molecular weight excluding hydrogens is 278 g/mol. The maximum atomic E-state index is 11.7. The Labute approximate surface area is 120 Å². The maximum Gasteiger partial charge on any atom is 0.276 e. The number of fused-ring (bicyclic) bond motifs is 1. The number of aromatic nitrogens is 3. The summed E-state index contributed by atoms with van der Waals surface area (Å²) in [5.41, 5.74) is 6.63. The SMILES string of the molecule is Nc1nc2c(CN(CO)CC(CO)CO)c[nH]c2c(=O)[nH]1. The number of hydrogen-bond donors (Lipinski definition) is 6. The summed E-state index contributed by atoms with van der Waals surface area (Å²) in [4.78, 5) is 22.6. The molecule has 9 nitrogen and oxygen atoms in total. The summed E-state index contributed by atoms with van der Waals surface area (Å²) < 4.78 is 0. The highest BCUT2D eigenvalue weighted by Crippen LogP contribution is 2.16. The van der Waals surface area contributed by atoms with Crippen LogP contribution in [0.1, 0.15) is 5.56 Å². The van der Waals surface area contributed by atoms with E-state index < -0.39 is 0 Å². The van der Waals surface area contributed by atoms with Crippen LogP contribution in [-0.2, 0) is 6.54 Å². The van der Waals surface area contributed by atoms with Gasteiger partial charge in [0.15, 0.2) is 0 Å². The van der Waals surface area contributed by atoms with E-state index in [-0.39, 0.29) is 37.4 Å². The molecular formula is C12H19N5O4. The number of rotatable bonds is 7. The van der Waals surface area contributed by atoms with Crippen molar-refractivity contribution in [1.29, 1.82) is 0 Å². The molecule has 0 aromatic carbocycles. The summed E-state index contributed by atoms with van der Waals surface area (Å²) in [6.07, 6.45) is 1.63. The van der Waals surface area contributed by atoms with Gasteiger partial charge >= 0.3 is 0 Å². The van der Waals surface area contributed by atoms with Crippen molar-refractivity contribution < 1.29 is 15.3 Å². The number of hydrogen-bond acceptors (Lipinski definition) is 7. The first-order valence-electron chi connectivity index (χ1n) is 6.49. The number of nitrogens with zero attached hydrogens (tertiary/aromatic N) is 2. The van der Waals surface area contributed by atoms with Crippen molar-refractivity contribution in [3.8, 4) is 0 Å². The average Bonchev–Trinajstić information content (AvgIpc) is 2.86. The van der Waals surface area contributed by atoms with Crippen LogP contribution in [0, 0.1) is 5.92 Å². The van der Waals surface area contributed by atoms with Gasteiger partial charge in [-0.3, -0.25) is 14.7 Å². The third-order valence-electron chi connectivity index (χ3n) is 3.26. The van der Waals surface area contributed by atoms with Crippen molar-refractivity contribution in [2.75, 3.05) is 32.2 Å². The summed E-state index contributed by atoms with van der Waals surface area (Å²) in [5, 5.41) is 27.6. The topological polar surface area (TPSA) is 151 Å². The van der Waals surface area contributed by atoms with Crippen molar-refractivity contribution in [1.82, 2.24) is 19.9 Å². The van der Waals surface area contributed by atoms with Gasteiger partial charge in [-0.15, -0.1) is 0 Å². The van der Waals surface area contributed by atoms with Gasteiger partial charge in [-0.25, -0.2) is 4.98 Å². The molecule has 0 saturated heterocycles. The van der Waals surface area contributed by atoms with Crippen LogP contribution < -0.4 is 11.3 Å². The van der Waals surface area contributed by atoms with E-state index >= 15 is 0 Å². The molecule has 2 heterocycles. The molecule has 9 heteroatoms. The molecule has 0 unspecified atom stereocenters. The number of nitrogens with one attached hydrogen (secondary N) is 2. The van der Waals surface area contributed by atoms with Crippen LogP contribution in [0.25, 0.3) is 11.0 Å². The highest BCUT2D eigenvalue weighted by molar-refractivity contribution is 5.78. The van der Waals surface area contributed by atoms with Gasteiger partial charge in [0.2, 0.25) is 5.95 Å². The van der Waals surface area contributed by atoms with E-state index in [1.165, 1.54) is 0 Å². The Bertz CT molecular complexity index is 649. The molecule has 0 bridgehead atoms. The zero-order valence-corrected chi connectivity index (χ0v) is 11.4. The number of H-pyrrole nitrogens is 2. The first kappa shape index (κ1) is 15.4. The molecule has 0 fully saturated rings. The summed E-state index contributed by atoms with van der Waals surface area (Å²) in [7, 11) is 0. The minimum atomic E-state index is -0.358. The van der Waals surface area contributed by atoms with Gasteiger partial charge in [-0.05, 0) is 0 Å². The molecule has 0 saturated carbocycles. The summed E-state index contributed by atoms with van der Waals surface area (Å²) in [6, 6.07) is 0. The minimum Gasteiger partial charge on any atom is -0.396 e. The molecule has 116 valence electrons. The van der Waals surface area contributed by atoms with Crippen molar-refractivity contribution in [3.63, 3.8) is 0 Å². The van der Waals surface area contributed by atoms with Crippen molar-refractivity contribution in [3.05, 3.63) is 22.1 Å². The van der Waals surface area contributed by atoms with Crippen molar-refractivity contribution in [2.24, 2.45) is 5.92 Å². The van der Waals surface area contributed by atoms with Crippen LogP contribution in [-0.4, -0.2) is 61.7 Å². The van der Waals surface area contributed by atoms with Crippen LogP contribution in [0.3, 0.4) is 0 Å². The minimum absolute atomic E-state index is 0.0208. The fourth-order valence-electron chi connectivity index (χ4n) is 2.16. The van der Waals surface area contributed by atoms with Gasteiger partial charge in [-0.1, -0.05) is 0 Å². The number of aromatic amines is 2. The lowest BCUT2D eigenvalue weighted by atomic mass is 10.1. The zero-order chi connectivity index (χ0) is 15.4. The smallest absolute Gasteiger partial charge is 0.276 e. The largest absolute Gasteiger partial charge is 0.396 e. The zero-order valence-electron chi connectivity index (χ0n) is 11.4. The number of nitrogens with two attached hydrogens (primary N) is 1. The molecule has 0 atom stereocenters. The summed E-state index contributed by atoms with van der Waals surface area (Å²) in [5.74, 6) is -0.323. The van der Waals surface area contributed by atoms with Crippen LogP contribution in [0.4, 0.5) is 5.95 Å². The second kappa shape index (κ2) is 6.68. The number of nitrogen functional groups attached to an aromatic ring is 1. The normalized spacial score (nSPS) is 11.9. The van der Waals surface area contributed by atoms with Gasteiger partial charge < -0.3 is 26.0 Å². The van der Waals surface area contributed by atoms with E-state index in [4.69, 9.17) is 15.9 Å². The van der Waals surface area contributed by atoms with Gasteiger partial charge in [0.25, 0.3) is 5.56 Å². The molecule has 0 amide bonds. The Morgan fingerprint density at radius 2 is 2.05 bits per heavy atom. The second-order valence-electron chi connectivity index (χ2n) is 4.87. The molecule has 21 heavy (non-hydrogen) atoms. The average molecular weight is 297 g/mol. The molecule has 0 radical (unpaired) electrons. The van der Waals surface area contributed by atoms with E-state index in [2.05, 4.69) is 15.0 Å². The van der Waals surface area contributed by atoms with E-state index in [0.717, 1.165) is 0 Å². The van der Waals surface area contributed by atoms with E-state index in [0.29, 0.717) is 29.7 Å². The third-order valence-corrected chi connectivity index (χ3v) is 3.26. The Balaban J connectivity index is 2.24. The van der Waals surface area contributed by atoms with E-state index in [9.17, 15) is 9.90 Å². The van der Waals surface area contributed by atoms with Gasteiger partial charge in [-0.2, -0.15) is 0 Å². The van der Waals surface area contributed by atoms with E-state index in [1.807, 2.05) is 0 Å². The third kappa shape index (κ3) is 3.39. The highest BCUT2D eigenvalue weighted by Gasteiger charge is 2.16. The fourth-order valence-corrected chi connectivity index (χ4v) is 2.16. The Hall–Kier alpha value is -1.94. The van der Waals surface area contributed by atoms with Gasteiger partial charge in [0.1, 0.15) is 11.0 Å². The molecule has 0 spiro atoms. The molecule has 2 aromatic heterocycles. The lowest BCUT2D eigenvalue weighted by Crippen LogP contribution is -2.33.